The highest BCUT2D eigenvalue weighted by molar-refractivity contribution is 5.68. The summed E-state index contributed by atoms with van der Waals surface area (Å²) in [6, 6.07) is 2.07. The minimum Gasteiger partial charge on any atom is -0.444 e. The Balaban J connectivity index is 2.57. The van der Waals surface area contributed by atoms with Crippen LogP contribution < -0.4 is 0 Å². The maximum absolute atomic E-state index is 11.8. The van der Waals surface area contributed by atoms with Crippen LogP contribution in [-0.2, 0) is 4.74 Å². The number of ether oxygens (including phenoxy) is 1. The number of carbonyl (C=O) groups is 1. The maximum atomic E-state index is 11.8. The molecule has 1 N–H and O–H groups in total. The van der Waals surface area contributed by atoms with Crippen LogP contribution >= 0.6 is 0 Å². The van der Waals surface area contributed by atoms with E-state index in [2.05, 4.69) is 6.07 Å². The summed E-state index contributed by atoms with van der Waals surface area (Å²) in [7, 11) is 0. The number of hydrogen-bond donors (Lipinski definition) is 1. The van der Waals surface area contributed by atoms with Gasteiger partial charge in [0.25, 0.3) is 0 Å². The van der Waals surface area contributed by atoms with E-state index in [0.29, 0.717) is 25.9 Å². The molecule has 1 rings (SSSR count). The Bertz CT molecular complexity index is 317. The van der Waals surface area contributed by atoms with Crippen molar-refractivity contribution in [2.45, 2.75) is 45.3 Å². The van der Waals surface area contributed by atoms with Gasteiger partial charge in [0.2, 0.25) is 0 Å². The molecule has 2 unspecified atom stereocenters. The van der Waals surface area contributed by atoms with E-state index in [4.69, 9.17) is 10.00 Å². The second-order valence-corrected chi connectivity index (χ2v) is 5.35. The lowest BCUT2D eigenvalue weighted by molar-refractivity contribution is 0.0251. The first-order valence-corrected chi connectivity index (χ1v) is 5.89. The van der Waals surface area contributed by atoms with Gasteiger partial charge in [-0.1, -0.05) is 0 Å². The molecule has 0 saturated carbocycles. The predicted molar refractivity (Wildman–Crippen MR) is 62.2 cm³/mol. The standard InChI is InChI=1S/C12H20N2O3/c1-12(2,3)17-11(16)14-6-4-9(8-13)10(15)5-7-14/h9-10,15H,4-7H2,1-3H3. The van der Waals surface area contributed by atoms with Crippen molar-refractivity contribution < 1.29 is 14.6 Å². The molecule has 1 amide bonds. The first-order valence-electron chi connectivity index (χ1n) is 5.89. The molecule has 1 aliphatic rings. The third-order valence-electron chi connectivity index (χ3n) is 2.69. The van der Waals surface area contributed by atoms with Gasteiger partial charge in [0, 0.05) is 13.1 Å². The van der Waals surface area contributed by atoms with E-state index in [1.54, 1.807) is 4.90 Å². The Kier molecular flexibility index (Phi) is 4.35. The molecule has 0 aromatic rings. The summed E-state index contributed by atoms with van der Waals surface area (Å²) >= 11 is 0. The molecule has 0 radical (unpaired) electrons. The van der Waals surface area contributed by atoms with E-state index in [-0.39, 0.29) is 12.0 Å². The summed E-state index contributed by atoms with van der Waals surface area (Å²) < 4.78 is 5.26. The number of nitrogens with zero attached hydrogens (tertiary/aromatic N) is 2. The average molecular weight is 240 g/mol. The summed E-state index contributed by atoms with van der Waals surface area (Å²) in [5.41, 5.74) is -0.517. The van der Waals surface area contributed by atoms with E-state index in [0.717, 1.165) is 0 Å². The lowest BCUT2D eigenvalue weighted by atomic mass is 10.00. The van der Waals surface area contributed by atoms with E-state index >= 15 is 0 Å². The Morgan fingerprint density at radius 3 is 2.53 bits per heavy atom. The molecule has 0 aromatic heterocycles. The molecule has 5 nitrogen and oxygen atoms in total. The van der Waals surface area contributed by atoms with Crippen LogP contribution in [0.2, 0.25) is 0 Å². The van der Waals surface area contributed by atoms with Crippen LogP contribution in [0.5, 0.6) is 0 Å². The summed E-state index contributed by atoms with van der Waals surface area (Å²) in [5, 5.41) is 18.5. The van der Waals surface area contributed by atoms with Crippen molar-refractivity contribution >= 4 is 6.09 Å². The number of nitriles is 1. The van der Waals surface area contributed by atoms with Gasteiger partial charge in [-0.25, -0.2) is 4.79 Å². The summed E-state index contributed by atoms with van der Waals surface area (Å²) in [6.45, 7) is 6.35. The largest absolute Gasteiger partial charge is 0.444 e. The molecule has 1 aliphatic heterocycles. The fourth-order valence-electron chi connectivity index (χ4n) is 1.75. The minimum atomic E-state index is -0.646. The van der Waals surface area contributed by atoms with Crippen molar-refractivity contribution in [3.63, 3.8) is 0 Å². The molecule has 96 valence electrons. The Morgan fingerprint density at radius 1 is 1.41 bits per heavy atom. The van der Waals surface area contributed by atoms with Crippen LogP contribution in [0, 0.1) is 17.2 Å². The van der Waals surface area contributed by atoms with Gasteiger partial charge < -0.3 is 14.7 Å². The van der Waals surface area contributed by atoms with Crippen LogP contribution in [0.3, 0.4) is 0 Å². The fourth-order valence-corrected chi connectivity index (χ4v) is 1.75. The molecule has 5 heteroatoms. The average Bonchev–Trinajstić information content (AvgIpc) is 2.37. The molecule has 0 aliphatic carbocycles. The molecule has 0 bridgehead atoms. The first-order chi connectivity index (χ1) is 7.83. The predicted octanol–water partition coefficient (Wildman–Crippen LogP) is 1.52. The summed E-state index contributed by atoms with van der Waals surface area (Å²) in [4.78, 5) is 13.4. The van der Waals surface area contributed by atoms with Crippen LogP contribution in [0.4, 0.5) is 4.79 Å². The number of carbonyl (C=O) groups excluding carboxylic acids is 1. The number of rotatable bonds is 0. The number of hydrogen-bond acceptors (Lipinski definition) is 4. The first kappa shape index (κ1) is 13.8. The Hall–Kier alpha value is -1.28. The van der Waals surface area contributed by atoms with Gasteiger partial charge in [-0.3, -0.25) is 0 Å². The van der Waals surface area contributed by atoms with Gasteiger partial charge in [-0.05, 0) is 33.6 Å². The highest BCUT2D eigenvalue weighted by Crippen LogP contribution is 2.19. The van der Waals surface area contributed by atoms with Crippen LogP contribution in [-0.4, -0.2) is 40.9 Å². The molecule has 1 fully saturated rings. The molecule has 0 spiro atoms. The fraction of sp³-hybridized carbons (Fsp3) is 0.833. The maximum Gasteiger partial charge on any atom is 0.410 e. The van der Waals surface area contributed by atoms with Crippen molar-refractivity contribution in [3.05, 3.63) is 0 Å². The van der Waals surface area contributed by atoms with Gasteiger partial charge >= 0.3 is 6.09 Å². The topological polar surface area (TPSA) is 73.6 Å². The van der Waals surface area contributed by atoms with Crippen molar-refractivity contribution in [1.29, 1.82) is 5.26 Å². The lowest BCUT2D eigenvalue weighted by Gasteiger charge is -2.26. The van der Waals surface area contributed by atoms with E-state index in [1.165, 1.54) is 0 Å². The van der Waals surface area contributed by atoms with Gasteiger partial charge in [0.1, 0.15) is 5.60 Å². The number of aliphatic hydroxyl groups excluding tert-OH is 1. The summed E-state index contributed by atoms with van der Waals surface area (Å²) in [5.74, 6) is -0.387. The normalized spacial score (nSPS) is 25.9. The Morgan fingerprint density at radius 2 is 2.00 bits per heavy atom. The molecule has 1 heterocycles. The monoisotopic (exact) mass is 240 g/mol. The van der Waals surface area contributed by atoms with Crippen molar-refractivity contribution in [1.82, 2.24) is 4.90 Å². The second kappa shape index (κ2) is 5.37. The zero-order valence-corrected chi connectivity index (χ0v) is 10.6. The van der Waals surface area contributed by atoms with Gasteiger partial charge in [-0.2, -0.15) is 5.26 Å². The van der Waals surface area contributed by atoms with Crippen molar-refractivity contribution in [3.8, 4) is 6.07 Å². The van der Waals surface area contributed by atoms with E-state index in [1.807, 2.05) is 20.8 Å². The summed E-state index contributed by atoms with van der Waals surface area (Å²) in [6.07, 6.45) is -0.0929. The van der Waals surface area contributed by atoms with E-state index < -0.39 is 11.7 Å². The zero-order valence-electron chi connectivity index (χ0n) is 10.6. The second-order valence-electron chi connectivity index (χ2n) is 5.35. The molecule has 17 heavy (non-hydrogen) atoms. The molecule has 1 saturated heterocycles. The number of likely N-dealkylation sites (tertiary alicyclic amines) is 1. The third-order valence-corrected chi connectivity index (χ3v) is 2.69. The van der Waals surface area contributed by atoms with Crippen molar-refractivity contribution in [2.24, 2.45) is 5.92 Å². The smallest absolute Gasteiger partial charge is 0.410 e. The highest BCUT2D eigenvalue weighted by atomic mass is 16.6. The number of aliphatic hydroxyl groups is 1. The molecular weight excluding hydrogens is 220 g/mol. The third kappa shape index (κ3) is 4.23. The SMILES string of the molecule is CC(C)(C)OC(=O)N1CCC(O)C(C#N)CC1. The Labute approximate surface area is 102 Å². The minimum absolute atomic E-state index is 0.372. The van der Waals surface area contributed by atoms with Crippen LogP contribution in [0.1, 0.15) is 33.6 Å². The van der Waals surface area contributed by atoms with Crippen LogP contribution in [0.25, 0.3) is 0 Å². The quantitative estimate of drug-likeness (QED) is 0.696. The van der Waals surface area contributed by atoms with Gasteiger partial charge in [-0.15, -0.1) is 0 Å². The van der Waals surface area contributed by atoms with E-state index in [9.17, 15) is 9.90 Å². The number of amides is 1. The molecule has 0 aromatic carbocycles. The molecular formula is C12H20N2O3. The van der Waals surface area contributed by atoms with Gasteiger partial charge in [0.15, 0.2) is 0 Å². The highest BCUT2D eigenvalue weighted by Gasteiger charge is 2.29. The van der Waals surface area contributed by atoms with Gasteiger partial charge in [0.05, 0.1) is 18.1 Å². The zero-order chi connectivity index (χ0) is 13.1. The molecule has 2 atom stereocenters. The lowest BCUT2D eigenvalue weighted by Crippen LogP contribution is -2.37. The van der Waals surface area contributed by atoms with Crippen molar-refractivity contribution in [2.75, 3.05) is 13.1 Å². The van der Waals surface area contributed by atoms with Crippen LogP contribution in [0.15, 0.2) is 0 Å².